The van der Waals surface area contributed by atoms with Gasteiger partial charge in [0.15, 0.2) is 0 Å². The van der Waals surface area contributed by atoms with Crippen molar-refractivity contribution in [3.63, 3.8) is 0 Å². The first-order valence-corrected chi connectivity index (χ1v) is 1.84. The Hall–Kier alpha value is 0.0396. The molecule has 0 aromatic carbocycles. The topological polar surface area (TPSA) is 316 Å². The molecule has 0 rings (SSSR count). The molecule has 0 aliphatic heterocycles. The summed E-state index contributed by atoms with van der Waals surface area (Å²) in [6.45, 7) is 0. The third-order valence-corrected chi connectivity index (χ3v) is 0. The van der Waals surface area contributed by atoms with E-state index in [0.717, 1.165) is 0 Å². The van der Waals surface area contributed by atoms with Gasteiger partial charge in [0.2, 0.25) is 0 Å². The van der Waals surface area contributed by atoms with Crippen LogP contribution < -0.4 is 30.6 Å². The van der Waals surface area contributed by atoms with Crippen LogP contribution in [0.1, 0.15) is 0 Å². The molecule has 0 amide bonds. The monoisotopic (exact) mass is 530 g/mol. The number of carboxylic acid groups (broad SMARTS) is 6. The van der Waals surface area contributed by atoms with Gasteiger partial charge < -0.3 is 66.9 Å². The maximum absolute atomic E-state index is 8.33. The maximum atomic E-state index is 8.33. The molecule has 0 unspecified atom stereocenters. The number of carbonyl (C=O) groups is 3. The Morgan fingerprint density at radius 1 is 0.444 bits per heavy atom. The summed E-state index contributed by atoms with van der Waals surface area (Å²) in [6.07, 6.45) is -7.00. The molecule has 0 radical (unpaired) electrons. The van der Waals surface area contributed by atoms with E-state index in [0.29, 0.717) is 0 Å². The number of hydrogen-bond acceptors (Lipinski definition) is 9. The van der Waals surface area contributed by atoms with Gasteiger partial charge in [-0.1, -0.05) is 0 Å². The largest absolute Gasteiger partial charge is 3.00 e. The summed E-state index contributed by atoms with van der Waals surface area (Å²) >= 11 is 0. The van der Waals surface area contributed by atoms with Gasteiger partial charge in [-0.15, -0.1) is 0 Å². The molecule has 0 saturated carbocycles. The van der Waals surface area contributed by atoms with Gasteiger partial charge in [-0.25, -0.2) is 0 Å². The molecule has 0 aliphatic rings. The Bertz CT molecular complexity index is 118. The molecular weight excluding hydrogens is 522 g/mol. The fraction of sp³-hybridized carbons (Fsp3) is 0. The molecule has 18 heavy (non-hydrogen) atoms. The summed E-state index contributed by atoms with van der Waals surface area (Å²) in [6, 6.07) is 0. The Morgan fingerprint density at radius 2 is 0.444 bits per heavy atom. The van der Waals surface area contributed by atoms with Crippen molar-refractivity contribution >= 4 is 18.5 Å². The van der Waals surface area contributed by atoms with E-state index >= 15 is 0 Å². The van der Waals surface area contributed by atoms with Gasteiger partial charge in [0.1, 0.15) is 0 Å². The molecule has 13 nitrogen and oxygen atoms in total. The van der Waals surface area contributed by atoms with E-state index in [9.17, 15) is 0 Å². The van der Waals surface area contributed by atoms with Gasteiger partial charge in [0, 0.05) is 0 Å². The predicted molar refractivity (Wildman–Crippen MR) is 30.6 cm³/mol. The third-order valence-electron chi connectivity index (χ3n) is 0. The van der Waals surface area contributed by atoms with Crippen LogP contribution in [0.15, 0.2) is 0 Å². The molecule has 0 aromatic heterocycles. The summed E-state index contributed by atoms with van der Waals surface area (Å²) in [5.74, 6) is 0. The summed E-state index contributed by atoms with van der Waals surface area (Å²) in [7, 11) is 0. The molecule has 0 fully saturated rings. The van der Waals surface area contributed by atoms with Crippen LogP contribution in [0.4, 0.5) is 14.4 Å². The van der Waals surface area contributed by atoms with Gasteiger partial charge in [-0.05, 0) is 18.5 Å². The standard InChI is InChI=1S/3CH2O3.2La.4H2O/c3*2-1(3)4;;;;;;/h3*(H2,2,3,4);;;4*1H2/q;;;2*+3;;;;/p-6. The summed E-state index contributed by atoms with van der Waals surface area (Å²) < 4.78 is 0. The number of rotatable bonds is 0. The molecule has 0 spiro atoms. The molecule has 0 bridgehead atoms. The van der Waals surface area contributed by atoms with E-state index in [-0.39, 0.29) is 93.1 Å². The Labute approximate surface area is 155 Å². The van der Waals surface area contributed by atoms with Crippen molar-refractivity contribution in [3.8, 4) is 0 Å². The zero-order valence-electron chi connectivity index (χ0n) is 8.33. The van der Waals surface area contributed by atoms with Crippen LogP contribution >= 0.6 is 0 Å². The van der Waals surface area contributed by atoms with E-state index in [2.05, 4.69) is 0 Å². The van der Waals surface area contributed by atoms with Crippen LogP contribution in [0.25, 0.3) is 0 Å². The summed E-state index contributed by atoms with van der Waals surface area (Å²) in [5.41, 5.74) is 0. The van der Waals surface area contributed by atoms with Gasteiger partial charge in [-0.3, -0.25) is 0 Å². The first-order chi connectivity index (χ1) is 5.20. The minimum Gasteiger partial charge on any atom is -0.652 e. The molecule has 8 N–H and O–H groups in total. The Kier molecular flexibility index (Phi) is 191. The van der Waals surface area contributed by atoms with Crippen LogP contribution in [0.5, 0.6) is 0 Å². The minimum absolute atomic E-state index is 0. The van der Waals surface area contributed by atoms with Crippen LogP contribution in [0.3, 0.4) is 0 Å². The predicted octanol–water partition coefficient (Wildman–Crippen LogP) is -10.6. The smallest absolute Gasteiger partial charge is 0.652 e. The van der Waals surface area contributed by atoms with Crippen molar-refractivity contribution in [2.75, 3.05) is 0 Å². The number of carbonyl (C=O) groups excluding carboxylic acids is 3. The van der Waals surface area contributed by atoms with Gasteiger partial charge in [0.05, 0.1) is 0 Å². The van der Waals surface area contributed by atoms with Crippen LogP contribution in [-0.2, 0) is 0 Å². The van der Waals surface area contributed by atoms with E-state index in [4.69, 9.17) is 45.0 Å². The van der Waals surface area contributed by atoms with Gasteiger partial charge >= 0.3 is 71.2 Å². The van der Waals surface area contributed by atoms with Crippen LogP contribution in [-0.4, -0.2) is 40.4 Å². The van der Waals surface area contributed by atoms with Crippen LogP contribution in [0.2, 0.25) is 0 Å². The molecule has 0 aliphatic carbocycles. The molecule has 15 heteroatoms. The molecule has 0 heterocycles. The first-order valence-electron chi connectivity index (χ1n) is 1.84. The first kappa shape index (κ1) is 64.1. The second kappa shape index (κ2) is 53.6. The average molecular weight is 530 g/mol. The molecule has 104 valence electrons. The molecule has 0 aromatic rings. The van der Waals surface area contributed by atoms with Gasteiger partial charge in [0.25, 0.3) is 0 Å². The minimum atomic E-state index is -2.33. The average Bonchev–Trinajstić information content (AvgIpc) is 1.54. The van der Waals surface area contributed by atoms with Crippen molar-refractivity contribution in [2.45, 2.75) is 0 Å². The third kappa shape index (κ3) is 2310000. The molecular formula is C3H8La2O13. The van der Waals surface area contributed by atoms with Crippen molar-refractivity contribution in [1.82, 2.24) is 0 Å². The Morgan fingerprint density at radius 3 is 0.444 bits per heavy atom. The van der Waals surface area contributed by atoms with Crippen molar-refractivity contribution < 1.29 is 138 Å². The van der Waals surface area contributed by atoms with E-state index in [1.165, 1.54) is 0 Å². The summed E-state index contributed by atoms with van der Waals surface area (Å²) in [5, 5.41) is 50.0. The zero-order chi connectivity index (χ0) is 10.7. The summed E-state index contributed by atoms with van der Waals surface area (Å²) in [4.78, 5) is 25.0. The number of hydrogen-bond donors (Lipinski definition) is 0. The van der Waals surface area contributed by atoms with Crippen molar-refractivity contribution in [3.05, 3.63) is 0 Å². The Balaban J connectivity index is -0.00000000827. The fourth-order valence-corrected chi connectivity index (χ4v) is 0. The quantitative estimate of drug-likeness (QED) is 0.287. The van der Waals surface area contributed by atoms with E-state index in [1.54, 1.807) is 0 Å². The zero-order valence-corrected chi connectivity index (χ0v) is 15.6. The molecule has 0 saturated heterocycles. The van der Waals surface area contributed by atoms with Crippen LogP contribution in [0, 0.1) is 71.2 Å². The van der Waals surface area contributed by atoms with Crippen molar-refractivity contribution in [1.29, 1.82) is 0 Å². The second-order valence-corrected chi connectivity index (χ2v) is 0.750. The maximum Gasteiger partial charge on any atom is 3.00 e. The second-order valence-electron chi connectivity index (χ2n) is 0.750. The van der Waals surface area contributed by atoms with Crippen molar-refractivity contribution in [2.24, 2.45) is 0 Å². The molecule has 0 atom stereocenters. The normalized spacial score (nSPS) is 4.00. The van der Waals surface area contributed by atoms with E-state index in [1.807, 2.05) is 0 Å². The fourth-order valence-electron chi connectivity index (χ4n) is 0. The van der Waals surface area contributed by atoms with Gasteiger partial charge in [-0.2, -0.15) is 0 Å². The SMILES string of the molecule is O.O.O.O.O=C([O-])[O-].O=C([O-])[O-].O=C([O-])[O-].[La+3].[La+3]. The van der Waals surface area contributed by atoms with E-state index < -0.39 is 18.5 Å².